The van der Waals surface area contributed by atoms with E-state index in [0.717, 1.165) is 31.6 Å². The maximum absolute atomic E-state index is 14.3. The largest absolute Gasteiger partial charge is 0.394 e. The normalized spacial score (nSPS) is 19.0. The number of aromatic nitrogens is 5. The Balaban J connectivity index is 1.48. The minimum absolute atomic E-state index is 0.0273. The summed E-state index contributed by atoms with van der Waals surface area (Å²) >= 11 is 0. The smallest absolute Gasteiger partial charge is 0.376 e. The van der Waals surface area contributed by atoms with E-state index < -0.39 is 61.0 Å². The molecule has 2 N–H and O–H groups in total. The van der Waals surface area contributed by atoms with E-state index in [1.54, 1.807) is 0 Å². The van der Waals surface area contributed by atoms with Crippen molar-refractivity contribution in [1.29, 1.82) is 0 Å². The molecule has 1 saturated carbocycles. The van der Waals surface area contributed by atoms with Gasteiger partial charge in [0.2, 0.25) is 0 Å². The van der Waals surface area contributed by atoms with E-state index in [1.807, 2.05) is 0 Å². The topological polar surface area (TPSA) is 140 Å². The minimum atomic E-state index is -4.60. The number of rotatable bonds is 10. The first-order chi connectivity index (χ1) is 19.6. The number of aryl methyl sites for hydroxylation is 1. The highest BCUT2D eigenvalue weighted by atomic mass is 19.4. The van der Waals surface area contributed by atoms with Crippen molar-refractivity contribution in [1.82, 2.24) is 40.4 Å². The van der Waals surface area contributed by atoms with Gasteiger partial charge in [-0.25, -0.2) is 27.7 Å². The maximum atomic E-state index is 14.3. The number of halogens is 5. The highest BCUT2D eigenvalue weighted by molar-refractivity contribution is 5.93. The molecular weight excluding hydrogens is 571 g/mol. The van der Waals surface area contributed by atoms with Crippen molar-refractivity contribution in [2.24, 2.45) is 5.41 Å². The van der Waals surface area contributed by atoms with Crippen LogP contribution >= 0.6 is 0 Å². The standard InChI is InChI=1S/C25H29F5N8O4/c1-13-20(36-42-35-13)21(39)34-16(7-23(2,3)25(28,29)30)17-9-38-19(33-17)6-14(8-32-38)18(10-41-15-4-5-15)37-12-24(26,27)11-31-22(37)40/h6,8-9,15-16,18H,4-5,7,10-12H2,1-3H3,(H,31,40)(H,34,39)/t16-,18+/m0/s1. The molecule has 5 rings (SSSR count). The summed E-state index contributed by atoms with van der Waals surface area (Å²) in [5.41, 5.74) is -1.71. The van der Waals surface area contributed by atoms with Crippen molar-refractivity contribution in [2.45, 2.75) is 70.3 Å². The Morgan fingerprint density at radius 1 is 1.29 bits per heavy atom. The van der Waals surface area contributed by atoms with E-state index in [1.165, 1.54) is 29.9 Å². The fraction of sp³-hybridized carbons (Fsp3) is 0.600. The summed E-state index contributed by atoms with van der Waals surface area (Å²) in [4.78, 5) is 30.9. The molecule has 17 heteroatoms. The molecule has 4 heterocycles. The van der Waals surface area contributed by atoms with Gasteiger partial charge in [0.15, 0.2) is 11.3 Å². The zero-order chi connectivity index (χ0) is 30.4. The molecule has 0 radical (unpaired) electrons. The Morgan fingerprint density at radius 2 is 2.02 bits per heavy atom. The number of nitrogens with zero attached hydrogens (tertiary/aromatic N) is 6. The second kappa shape index (κ2) is 10.7. The molecule has 1 aliphatic carbocycles. The molecule has 12 nitrogen and oxygen atoms in total. The zero-order valence-corrected chi connectivity index (χ0v) is 22.9. The first kappa shape index (κ1) is 29.6. The fourth-order valence-electron chi connectivity index (χ4n) is 4.54. The van der Waals surface area contributed by atoms with Crippen LogP contribution in [0.4, 0.5) is 26.7 Å². The summed E-state index contributed by atoms with van der Waals surface area (Å²) in [7, 11) is 0. The zero-order valence-electron chi connectivity index (χ0n) is 22.9. The van der Waals surface area contributed by atoms with Crippen LogP contribution in [0.2, 0.25) is 0 Å². The third-order valence-corrected chi connectivity index (χ3v) is 7.31. The van der Waals surface area contributed by atoms with Gasteiger partial charge < -0.3 is 20.3 Å². The van der Waals surface area contributed by atoms with Gasteiger partial charge in [0.1, 0.15) is 5.69 Å². The van der Waals surface area contributed by atoms with Crippen LogP contribution in [0.25, 0.3) is 5.65 Å². The Morgan fingerprint density at radius 3 is 2.67 bits per heavy atom. The lowest BCUT2D eigenvalue weighted by atomic mass is 9.84. The summed E-state index contributed by atoms with van der Waals surface area (Å²) in [5.74, 6) is -3.98. The van der Waals surface area contributed by atoms with E-state index in [-0.39, 0.29) is 35.4 Å². The van der Waals surface area contributed by atoms with E-state index in [4.69, 9.17) is 4.74 Å². The minimum Gasteiger partial charge on any atom is -0.376 e. The Labute approximate surface area is 235 Å². The van der Waals surface area contributed by atoms with Crippen LogP contribution in [0.15, 0.2) is 23.1 Å². The van der Waals surface area contributed by atoms with Crippen molar-refractivity contribution >= 4 is 17.6 Å². The molecule has 3 aromatic rings. The molecule has 2 fully saturated rings. The van der Waals surface area contributed by atoms with Crippen LogP contribution in [-0.2, 0) is 4.74 Å². The molecule has 3 amide bonds. The first-order valence-corrected chi connectivity index (χ1v) is 13.2. The molecule has 0 spiro atoms. The predicted molar refractivity (Wildman–Crippen MR) is 133 cm³/mol. The number of amides is 3. The summed E-state index contributed by atoms with van der Waals surface area (Å²) in [6.07, 6.45) is -0.843. The first-order valence-electron chi connectivity index (χ1n) is 13.2. The number of carbonyl (C=O) groups is 2. The molecule has 2 aliphatic rings. The monoisotopic (exact) mass is 600 g/mol. The van der Waals surface area contributed by atoms with Crippen molar-refractivity contribution in [3.05, 3.63) is 41.1 Å². The van der Waals surface area contributed by atoms with Gasteiger partial charge in [-0.3, -0.25) is 4.79 Å². The van der Waals surface area contributed by atoms with Gasteiger partial charge in [-0.1, -0.05) is 19.0 Å². The molecule has 0 aromatic carbocycles. The van der Waals surface area contributed by atoms with Gasteiger partial charge in [-0.15, -0.1) is 0 Å². The molecule has 42 heavy (non-hydrogen) atoms. The fourth-order valence-corrected chi connectivity index (χ4v) is 4.54. The number of carbonyl (C=O) groups excluding carboxylic acids is 2. The highest BCUT2D eigenvalue weighted by Crippen LogP contribution is 2.44. The quantitative estimate of drug-likeness (QED) is 0.336. The summed E-state index contributed by atoms with van der Waals surface area (Å²) in [5, 5.41) is 16.0. The molecule has 228 valence electrons. The SMILES string of the molecule is Cc1nonc1C(=O)N[C@@H](CC(C)(C)C(F)(F)F)c1cn2ncc([C@@H](COC3CC3)N3CC(F)(F)CNC3=O)cc2n1. The lowest BCUT2D eigenvalue weighted by Crippen LogP contribution is -2.58. The van der Waals surface area contributed by atoms with Crippen LogP contribution in [0.3, 0.4) is 0 Å². The van der Waals surface area contributed by atoms with Crippen molar-refractivity contribution < 1.29 is 40.9 Å². The van der Waals surface area contributed by atoms with Gasteiger partial charge in [-0.05, 0) is 37.4 Å². The number of hydrogen-bond donors (Lipinski definition) is 2. The number of urea groups is 1. The second-order valence-electron chi connectivity index (χ2n) is 11.3. The van der Waals surface area contributed by atoms with Gasteiger partial charge in [0.25, 0.3) is 11.8 Å². The van der Waals surface area contributed by atoms with Gasteiger partial charge in [-0.2, -0.15) is 18.3 Å². The number of fused-ring (bicyclic) bond motifs is 1. The van der Waals surface area contributed by atoms with Crippen LogP contribution < -0.4 is 10.6 Å². The van der Waals surface area contributed by atoms with Crippen LogP contribution in [-0.4, -0.2) is 79.6 Å². The highest BCUT2D eigenvalue weighted by Gasteiger charge is 2.49. The van der Waals surface area contributed by atoms with Crippen molar-refractivity contribution in [3.8, 4) is 0 Å². The number of ether oxygens (including phenoxy) is 1. The molecular formula is C25H29F5N8O4. The van der Waals surface area contributed by atoms with E-state index in [9.17, 15) is 31.5 Å². The molecule has 1 aliphatic heterocycles. The Kier molecular flexibility index (Phi) is 7.57. The summed E-state index contributed by atoms with van der Waals surface area (Å²) in [6, 6.07) is -1.37. The van der Waals surface area contributed by atoms with Crippen LogP contribution in [0.5, 0.6) is 0 Å². The molecule has 2 atom stereocenters. The molecule has 1 saturated heterocycles. The van der Waals surface area contributed by atoms with Crippen LogP contribution in [0, 0.1) is 12.3 Å². The lowest BCUT2D eigenvalue weighted by molar-refractivity contribution is -0.215. The third kappa shape index (κ3) is 6.29. The summed E-state index contributed by atoms with van der Waals surface area (Å²) in [6.45, 7) is 1.78. The summed E-state index contributed by atoms with van der Waals surface area (Å²) < 4.78 is 81.6. The third-order valence-electron chi connectivity index (χ3n) is 7.31. The average molecular weight is 601 g/mol. The van der Waals surface area contributed by atoms with E-state index in [0.29, 0.717) is 5.56 Å². The Hall–Kier alpha value is -3.89. The van der Waals surface area contributed by atoms with E-state index >= 15 is 0 Å². The van der Waals surface area contributed by atoms with Crippen molar-refractivity contribution in [3.63, 3.8) is 0 Å². The van der Waals surface area contributed by atoms with Gasteiger partial charge >= 0.3 is 12.2 Å². The van der Waals surface area contributed by atoms with E-state index in [2.05, 4.69) is 35.7 Å². The van der Waals surface area contributed by atoms with Crippen LogP contribution in [0.1, 0.15) is 72.6 Å². The van der Waals surface area contributed by atoms with Crippen molar-refractivity contribution in [2.75, 3.05) is 19.7 Å². The maximum Gasteiger partial charge on any atom is 0.394 e. The van der Waals surface area contributed by atoms with Gasteiger partial charge in [0, 0.05) is 5.56 Å². The number of imidazole rings is 1. The number of hydrogen-bond acceptors (Lipinski definition) is 8. The number of alkyl halides is 5. The Bertz CT molecular complexity index is 1470. The molecule has 0 bridgehead atoms. The molecule has 0 unspecified atom stereocenters. The van der Waals surface area contributed by atoms with Gasteiger partial charge in [0.05, 0.1) is 61.4 Å². The predicted octanol–water partition coefficient (Wildman–Crippen LogP) is 3.75. The average Bonchev–Trinajstić information content (AvgIpc) is 3.46. The lowest BCUT2D eigenvalue weighted by Gasteiger charge is -2.38. The second-order valence-corrected chi connectivity index (χ2v) is 11.3. The molecule has 3 aromatic heterocycles. The number of nitrogens with one attached hydrogen (secondary N) is 2.